The predicted molar refractivity (Wildman–Crippen MR) is 111 cm³/mol. The second kappa shape index (κ2) is 8.75. The van der Waals surface area contributed by atoms with Crippen molar-refractivity contribution in [3.63, 3.8) is 0 Å². The first-order valence-corrected chi connectivity index (χ1v) is 8.81. The molecular weight excluding hydrogens is 358 g/mol. The van der Waals surface area contributed by atoms with Gasteiger partial charge in [0.1, 0.15) is 5.69 Å². The molecule has 0 saturated heterocycles. The Morgan fingerprint density at radius 1 is 0.963 bits per heavy atom. The van der Waals surface area contributed by atoms with Crippen molar-refractivity contribution >= 4 is 23.2 Å². The molecule has 4 rings (SSSR count). The Hall–Kier alpha value is -2.76. The fourth-order valence-corrected chi connectivity index (χ4v) is 3.33. The largest absolute Gasteiger partial charge is 0.330 e. The van der Waals surface area contributed by atoms with Gasteiger partial charge in [0.15, 0.2) is 0 Å². The molecule has 0 amide bonds. The van der Waals surface area contributed by atoms with Crippen molar-refractivity contribution in [2.45, 2.75) is 12.8 Å². The molecule has 27 heavy (non-hydrogen) atoms. The summed E-state index contributed by atoms with van der Waals surface area (Å²) >= 11 is 0. The third kappa shape index (κ3) is 4.32. The van der Waals surface area contributed by atoms with Gasteiger partial charge in [-0.05, 0) is 48.4 Å². The van der Waals surface area contributed by atoms with Crippen LogP contribution in [0.3, 0.4) is 0 Å². The Kier molecular flexibility index (Phi) is 6.16. The number of nitrogens with zero attached hydrogens (tertiary/aromatic N) is 3. The van der Waals surface area contributed by atoms with E-state index in [2.05, 4.69) is 62.9 Å². The highest BCUT2D eigenvalue weighted by Crippen LogP contribution is 2.26. The minimum atomic E-state index is 0. The predicted octanol–water partition coefficient (Wildman–Crippen LogP) is 3.80. The number of aromatic amines is 1. The number of pyridine rings is 1. The molecule has 0 aliphatic heterocycles. The van der Waals surface area contributed by atoms with Crippen molar-refractivity contribution in [2.24, 2.45) is 11.7 Å². The van der Waals surface area contributed by atoms with E-state index in [0.29, 0.717) is 12.5 Å². The Morgan fingerprint density at radius 2 is 1.81 bits per heavy atom. The van der Waals surface area contributed by atoms with Gasteiger partial charge in [-0.1, -0.05) is 47.7 Å². The van der Waals surface area contributed by atoms with Crippen molar-refractivity contribution in [3.05, 3.63) is 78.2 Å². The molecule has 2 aromatic carbocycles. The number of H-pyrrole nitrogens is 1. The lowest BCUT2D eigenvalue weighted by atomic mass is 9.93. The van der Waals surface area contributed by atoms with Crippen LogP contribution in [0.4, 0.5) is 0 Å². The first kappa shape index (κ1) is 19.0. The number of hydrogen-bond acceptors (Lipinski definition) is 4. The van der Waals surface area contributed by atoms with Crippen molar-refractivity contribution in [2.75, 3.05) is 6.54 Å². The number of aromatic nitrogens is 4. The second-order valence-electron chi connectivity index (χ2n) is 6.57. The van der Waals surface area contributed by atoms with Gasteiger partial charge in [0, 0.05) is 23.3 Å². The fraction of sp³-hybridized carbons (Fsp3) is 0.190. The fourth-order valence-electron chi connectivity index (χ4n) is 3.33. The summed E-state index contributed by atoms with van der Waals surface area (Å²) in [6, 6.07) is 18.7. The second-order valence-corrected chi connectivity index (χ2v) is 6.57. The molecule has 5 nitrogen and oxygen atoms in total. The smallest absolute Gasteiger partial charge is 0.116 e. The van der Waals surface area contributed by atoms with Crippen LogP contribution in [0, 0.1) is 5.92 Å². The molecule has 0 spiro atoms. The molecule has 4 aromatic rings. The molecule has 0 aliphatic rings. The van der Waals surface area contributed by atoms with E-state index in [9.17, 15) is 0 Å². The van der Waals surface area contributed by atoms with Gasteiger partial charge in [-0.2, -0.15) is 0 Å². The minimum absolute atomic E-state index is 0. The third-order valence-electron chi connectivity index (χ3n) is 4.73. The average Bonchev–Trinajstić information content (AvgIpc) is 3.16. The van der Waals surface area contributed by atoms with E-state index in [0.717, 1.165) is 40.6 Å². The van der Waals surface area contributed by atoms with E-state index in [-0.39, 0.29) is 12.4 Å². The molecule has 138 valence electrons. The standard InChI is InChI=1S/C21H21N5.ClH/c22-13-16(10-15-4-2-1-3-5-15)11-20-21(25-26-24-20)18-6-7-19-14-23-9-8-17(19)12-18;/h1-9,12,14,16H,10-11,13,22H2,(H,24,25,26);1H. The van der Waals surface area contributed by atoms with Gasteiger partial charge in [0.25, 0.3) is 0 Å². The quantitative estimate of drug-likeness (QED) is 0.534. The summed E-state index contributed by atoms with van der Waals surface area (Å²) in [5.41, 5.74) is 10.3. The first-order valence-electron chi connectivity index (χ1n) is 8.81. The molecule has 1 atom stereocenters. The van der Waals surface area contributed by atoms with E-state index in [1.54, 1.807) is 6.20 Å². The molecule has 0 bridgehead atoms. The molecule has 0 fully saturated rings. The topological polar surface area (TPSA) is 80.5 Å². The highest BCUT2D eigenvalue weighted by molar-refractivity contribution is 5.86. The Morgan fingerprint density at radius 3 is 2.63 bits per heavy atom. The van der Waals surface area contributed by atoms with Crippen LogP contribution in [-0.4, -0.2) is 26.9 Å². The van der Waals surface area contributed by atoms with Gasteiger partial charge in [-0.25, -0.2) is 0 Å². The van der Waals surface area contributed by atoms with Crippen molar-refractivity contribution < 1.29 is 0 Å². The minimum Gasteiger partial charge on any atom is -0.330 e. The zero-order chi connectivity index (χ0) is 17.8. The van der Waals surface area contributed by atoms with Crippen molar-refractivity contribution in [1.29, 1.82) is 0 Å². The summed E-state index contributed by atoms with van der Waals surface area (Å²) in [6.45, 7) is 0.622. The lowest BCUT2D eigenvalue weighted by Crippen LogP contribution is -2.20. The van der Waals surface area contributed by atoms with Gasteiger partial charge < -0.3 is 5.73 Å². The number of nitrogens with two attached hydrogens (primary N) is 1. The van der Waals surface area contributed by atoms with Crippen LogP contribution >= 0.6 is 12.4 Å². The molecule has 1 unspecified atom stereocenters. The average molecular weight is 380 g/mol. The summed E-state index contributed by atoms with van der Waals surface area (Å²) in [6.07, 6.45) is 5.44. The van der Waals surface area contributed by atoms with E-state index >= 15 is 0 Å². The van der Waals surface area contributed by atoms with E-state index in [1.165, 1.54) is 5.56 Å². The Labute approximate surface area is 164 Å². The Bertz CT molecular complexity index is 1000. The number of benzene rings is 2. The maximum absolute atomic E-state index is 6.04. The van der Waals surface area contributed by atoms with Gasteiger partial charge in [-0.3, -0.25) is 10.1 Å². The first-order chi connectivity index (χ1) is 12.8. The van der Waals surface area contributed by atoms with E-state index in [4.69, 9.17) is 5.73 Å². The van der Waals surface area contributed by atoms with E-state index in [1.807, 2.05) is 18.3 Å². The number of rotatable bonds is 6. The summed E-state index contributed by atoms with van der Waals surface area (Å²) in [5.74, 6) is 0.336. The zero-order valence-electron chi connectivity index (χ0n) is 14.9. The van der Waals surface area contributed by atoms with Crippen LogP contribution in [0.15, 0.2) is 67.0 Å². The summed E-state index contributed by atoms with van der Waals surface area (Å²) < 4.78 is 0. The van der Waals surface area contributed by atoms with Crippen LogP contribution in [0.1, 0.15) is 11.3 Å². The van der Waals surface area contributed by atoms with E-state index < -0.39 is 0 Å². The van der Waals surface area contributed by atoms with Gasteiger partial charge in [0.05, 0.1) is 5.69 Å². The van der Waals surface area contributed by atoms with Crippen molar-refractivity contribution in [1.82, 2.24) is 20.4 Å². The molecule has 0 aliphatic carbocycles. The normalized spacial score (nSPS) is 11.9. The molecule has 0 saturated carbocycles. The Balaban J connectivity index is 0.00000210. The lowest BCUT2D eigenvalue weighted by molar-refractivity contribution is 0.526. The number of fused-ring (bicyclic) bond motifs is 1. The number of nitrogens with one attached hydrogen (secondary N) is 1. The molecular formula is C21H22ClN5. The van der Waals surface area contributed by atoms with Crippen LogP contribution in [0.5, 0.6) is 0 Å². The highest BCUT2D eigenvalue weighted by atomic mass is 35.5. The zero-order valence-corrected chi connectivity index (χ0v) is 15.7. The molecule has 0 radical (unpaired) electrons. The highest BCUT2D eigenvalue weighted by Gasteiger charge is 2.16. The molecule has 2 aromatic heterocycles. The van der Waals surface area contributed by atoms with Crippen molar-refractivity contribution in [3.8, 4) is 11.3 Å². The monoisotopic (exact) mass is 379 g/mol. The summed E-state index contributed by atoms with van der Waals surface area (Å²) in [5, 5.41) is 13.7. The van der Waals surface area contributed by atoms with Gasteiger partial charge in [0.2, 0.25) is 0 Å². The third-order valence-corrected chi connectivity index (χ3v) is 4.73. The van der Waals surface area contributed by atoms with Gasteiger partial charge in [-0.15, -0.1) is 17.5 Å². The lowest BCUT2D eigenvalue weighted by Gasteiger charge is -2.14. The van der Waals surface area contributed by atoms with Crippen LogP contribution < -0.4 is 5.73 Å². The summed E-state index contributed by atoms with van der Waals surface area (Å²) in [7, 11) is 0. The molecule has 3 N–H and O–H groups in total. The molecule has 6 heteroatoms. The maximum Gasteiger partial charge on any atom is 0.116 e. The van der Waals surface area contributed by atoms with Crippen LogP contribution in [0.25, 0.3) is 22.0 Å². The SMILES string of the molecule is Cl.NCC(Cc1ccccc1)Cc1[nH]nnc1-c1ccc2cnccc2c1. The summed E-state index contributed by atoms with van der Waals surface area (Å²) in [4.78, 5) is 4.17. The molecule has 2 heterocycles. The van der Waals surface area contributed by atoms with Crippen LogP contribution in [0.2, 0.25) is 0 Å². The number of hydrogen-bond donors (Lipinski definition) is 2. The van der Waals surface area contributed by atoms with Gasteiger partial charge >= 0.3 is 0 Å². The van der Waals surface area contributed by atoms with Crippen LogP contribution in [-0.2, 0) is 12.8 Å². The maximum atomic E-state index is 6.04. The number of halogens is 1.